The van der Waals surface area contributed by atoms with Gasteiger partial charge in [0.15, 0.2) is 5.96 Å². The van der Waals surface area contributed by atoms with Crippen LogP contribution in [0, 0.1) is 0 Å². The molecular weight excluding hydrogens is 340 g/mol. The fraction of sp³-hybridized carbons (Fsp3) is 0.941. The molecule has 3 saturated heterocycles. The summed E-state index contributed by atoms with van der Waals surface area (Å²) in [6.07, 6.45) is 1.35. The molecule has 0 saturated carbocycles. The van der Waals surface area contributed by atoms with Crippen molar-refractivity contribution in [3.63, 3.8) is 0 Å². The molecule has 3 aliphatic rings. The molecule has 3 heterocycles. The number of methoxy groups -OCH3 is 1. The summed E-state index contributed by atoms with van der Waals surface area (Å²) in [6, 6.07) is 0. The molecule has 7 nitrogen and oxygen atoms in total. The van der Waals surface area contributed by atoms with Crippen molar-refractivity contribution in [2.24, 2.45) is 4.99 Å². The van der Waals surface area contributed by atoms with E-state index < -0.39 is 0 Å². The van der Waals surface area contributed by atoms with Crippen LogP contribution in [-0.4, -0.2) is 112 Å². The van der Waals surface area contributed by atoms with E-state index in [4.69, 9.17) is 14.2 Å². The van der Waals surface area contributed by atoms with E-state index in [0.29, 0.717) is 6.61 Å². The van der Waals surface area contributed by atoms with Crippen LogP contribution < -0.4 is 5.32 Å². The zero-order valence-electron chi connectivity index (χ0n) is 15.5. The lowest BCUT2D eigenvalue weighted by Crippen LogP contribution is -2.61. The molecule has 3 aliphatic heterocycles. The zero-order chi connectivity index (χ0) is 17.5. The Morgan fingerprint density at radius 3 is 2.84 bits per heavy atom. The zero-order valence-corrected chi connectivity index (χ0v) is 16.4. The highest BCUT2D eigenvalue weighted by atomic mass is 32.2. The molecule has 0 radical (unpaired) electrons. The van der Waals surface area contributed by atoms with Gasteiger partial charge >= 0.3 is 0 Å². The second-order valence-corrected chi connectivity index (χ2v) is 8.03. The van der Waals surface area contributed by atoms with Crippen LogP contribution in [0.15, 0.2) is 4.99 Å². The van der Waals surface area contributed by atoms with Gasteiger partial charge < -0.3 is 24.4 Å². The van der Waals surface area contributed by atoms with E-state index in [-0.39, 0.29) is 11.6 Å². The van der Waals surface area contributed by atoms with Gasteiger partial charge in [-0.3, -0.25) is 9.89 Å². The molecular formula is C17H32N4O3S. The van der Waals surface area contributed by atoms with Crippen molar-refractivity contribution in [1.82, 2.24) is 15.1 Å². The summed E-state index contributed by atoms with van der Waals surface area (Å²) in [5.41, 5.74) is 0.225. The Morgan fingerprint density at radius 2 is 2.16 bits per heavy atom. The third kappa shape index (κ3) is 4.80. The van der Waals surface area contributed by atoms with Crippen LogP contribution in [0.1, 0.15) is 6.42 Å². The molecule has 1 N–H and O–H groups in total. The summed E-state index contributed by atoms with van der Waals surface area (Å²) in [5, 5.41) is 3.67. The van der Waals surface area contributed by atoms with Crippen LogP contribution in [0.3, 0.4) is 0 Å². The van der Waals surface area contributed by atoms with Gasteiger partial charge in [-0.25, -0.2) is 0 Å². The lowest BCUT2D eigenvalue weighted by Gasteiger charge is -2.44. The largest absolute Gasteiger partial charge is 0.382 e. The lowest BCUT2D eigenvalue weighted by atomic mass is 9.95. The second-order valence-electron chi connectivity index (χ2n) is 6.92. The Kier molecular flexibility index (Phi) is 7.24. The fourth-order valence-electron chi connectivity index (χ4n) is 3.91. The van der Waals surface area contributed by atoms with Crippen molar-refractivity contribution in [2.45, 2.75) is 18.1 Å². The maximum absolute atomic E-state index is 5.76. The normalized spacial score (nSPS) is 32.2. The number of guanidine groups is 1. The minimum absolute atomic E-state index is 0.118. The number of nitrogens with one attached hydrogen (secondary N) is 1. The van der Waals surface area contributed by atoms with Gasteiger partial charge in [-0.1, -0.05) is 0 Å². The van der Waals surface area contributed by atoms with Crippen molar-refractivity contribution in [3.8, 4) is 0 Å². The molecule has 0 aliphatic carbocycles. The molecule has 0 aromatic rings. The van der Waals surface area contributed by atoms with Crippen molar-refractivity contribution in [3.05, 3.63) is 0 Å². The Morgan fingerprint density at radius 1 is 1.32 bits per heavy atom. The van der Waals surface area contributed by atoms with Gasteiger partial charge in [0.2, 0.25) is 0 Å². The van der Waals surface area contributed by atoms with E-state index in [2.05, 4.69) is 31.9 Å². The molecule has 0 aromatic heterocycles. The summed E-state index contributed by atoms with van der Waals surface area (Å²) in [4.78, 5) is 9.45. The third-order valence-corrected chi connectivity index (χ3v) is 6.58. The van der Waals surface area contributed by atoms with Gasteiger partial charge in [-0.2, -0.15) is 11.8 Å². The predicted octanol–water partition coefficient (Wildman–Crippen LogP) is 0.117. The van der Waals surface area contributed by atoms with Crippen LogP contribution >= 0.6 is 11.8 Å². The summed E-state index contributed by atoms with van der Waals surface area (Å²) in [7, 11) is 3.59. The summed E-state index contributed by atoms with van der Waals surface area (Å²) >= 11 is 2.06. The van der Waals surface area contributed by atoms with Crippen molar-refractivity contribution in [2.75, 3.05) is 84.8 Å². The Hall–Kier alpha value is -0.540. The van der Waals surface area contributed by atoms with Crippen molar-refractivity contribution in [1.29, 1.82) is 0 Å². The van der Waals surface area contributed by atoms with Crippen LogP contribution in [-0.2, 0) is 14.2 Å². The molecule has 2 unspecified atom stereocenters. The average Bonchev–Trinajstić information content (AvgIpc) is 3.14. The molecule has 3 fully saturated rings. The SMILES string of the molecule is CN=C(NCC1(N2CCOCC2)CCSC1)N1CCOC(COC)C1. The molecule has 8 heteroatoms. The van der Waals surface area contributed by atoms with Crippen LogP contribution in [0.4, 0.5) is 0 Å². The topological polar surface area (TPSA) is 58.6 Å². The molecule has 25 heavy (non-hydrogen) atoms. The molecule has 144 valence electrons. The maximum Gasteiger partial charge on any atom is 0.193 e. The number of thioether (sulfide) groups is 1. The highest BCUT2D eigenvalue weighted by Gasteiger charge is 2.41. The number of hydrogen-bond acceptors (Lipinski definition) is 6. The Bertz CT molecular complexity index is 438. The van der Waals surface area contributed by atoms with Gasteiger partial charge in [-0.15, -0.1) is 0 Å². The third-order valence-electron chi connectivity index (χ3n) is 5.34. The molecule has 3 rings (SSSR count). The predicted molar refractivity (Wildman–Crippen MR) is 102 cm³/mol. The first-order valence-corrected chi connectivity index (χ1v) is 10.4. The van der Waals surface area contributed by atoms with Crippen molar-refractivity contribution < 1.29 is 14.2 Å². The second kappa shape index (κ2) is 9.41. The minimum Gasteiger partial charge on any atom is -0.382 e. The summed E-state index contributed by atoms with van der Waals surface area (Å²) in [6.45, 7) is 7.77. The highest BCUT2D eigenvalue weighted by Crippen LogP contribution is 2.33. The minimum atomic E-state index is 0.118. The first-order chi connectivity index (χ1) is 12.3. The number of nitrogens with zero attached hydrogens (tertiary/aromatic N) is 3. The molecule has 2 atom stereocenters. The summed E-state index contributed by atoms with van der Waals surface area (Å²) < 4.78 is 16.6. The Labute approximate surface area is 155 Å². The van der Waals surface area contributed by atoms with Gasteiger partial charge in [-0.05, 0) is 12.2 Å². The maximum atomic E-state index is 5.76. The van der Waals surface area contributed by atoms with Gasteiger partial charge in [0.05, 0.1) is 32.5 Å². The fourth-order valence-corrected chi connectivity index (χ4v) is 5.39. The van der Waals surface area contributed by atoms with Crippen LogP contribution in [0.2, 0.25) is 0 Å². The average molecular weight is 373 g/mol. The van der Waals surface area contributed by atoms with Gasteiger partial charge in [0.25, 0.3) is 0 Å². The van der Waals surface area contributed by atoms with E-state index in [0.717, 1.165) is 58.5 Å². The molecule has 0 amide bonds. The quantitative estimate of drug-likeness (QED) is 0.543. The smallest absolute Gasteiger partial charge is 0.193 e. The standard InChI is InChI=1S/C17H32N4O3S/c1-18-16(20-4-9-24-15(11-20)12-22-2)19-13-17(3-10-25-14-17)21-5-7-23-8-6-21/h15H,3-14H2,1-2H3,(H,18,19). The summed E-state index contributed by atoms with van der Waals surface area (Å²) in [5.74, 6) is 3.41. The van der Waals surface area contributed by atoms with E-state index >= 15 is 0 Å². The number of hydrogen-bond donors (Lipinski definition) is 1. The van der Waals surface area contributed by atoms with E-state index in [9.17, 15) is 0 Å². The van der Waals surface area contributed by atoms with E-state index in [1.807, 2.05) is 7.05 Å². The number of rotatable bonds is 5. The molecule has 0 bridgehead atoms. The van der Waals surface area contributed by atoms with Gasteiger partial charge in [0.1, 0.15) is 0 Å². The van der Waals surface area contributed by atoms with Crippen molar-refractivity contribution >= 4 is 17.7 Å². The first kappa shape index (κ1) is 19.2. The Balaban J connectivity index is 1.59. The van der Waals surface area contributed by atoms with E-state index in [1.165, 1.54) is 17.9 Å². The highest BCUT2D eigenvalue weighted by molar-refractivity contribution is 7.99. The van der Waals surface area contributed by atoms with Gasteiger partial charge in [0, 0.05) is 58.2 Å². The molecule has 0 aromatic carbocycles. The molecule has 0 spiro atoms. The number of ether oxygens (including phenoxy) is 3. The number of morpholine rings is 2. The van der Waals surface area contributed by atoms with Crippen LogP contribution in [0.25, 0.3) is 0 Å². The lowest BCUT2D eigenvalue weighted by molar-refractivity contribution is -0.0451. The monoisotopic (exact) mass is 372 g/mol. The number of aliphatic imine (C=N–C) groups is 1. The van der Waals surface area contributed by atoms with Crippen LogP contribution in [0.5, 0.6) is 0 Å². The first-order valence-electron chi connectivity index (χ1n) is 9.24. The van der Waals surface area contributed by atoms with E-state index in [1.54, 1.807) is 7.11 Å².